The van der Waals surface area contributed by atoms with Crippen molar-refractivity contribution in [3.63, 3.8) is 0 Å². The second-order valence-corrected chi connectivity index (χ2v) is 8.40. The van der Waals surface area contributed by atoms with E-state index in [-0.39, 0.29) is 10.7 Å². The molecular weight excluding hydrogens is 374 g/mol. The zero-order valence-corrected chi connectivity index (χ0v) is 15.9. The van der Waals surface area contributed by atoms with Gasteiger partial charge in [0, 0.05) is 32.7 Å². The molecule has 0 N–H and O–H groups in total. The Morgan fingerprint density at radius 3 is 2.30 bits per heavy atom. The van der Waals surface area contributed by atoms with Gasteiger partial charge in [0.1, 0.15) is 24.0 Å². The van der Waals surface area contributed by atoms with Gasteiger partial charge in [-0.25, -0.2) is 17.2 Å². The lowest BCUT2D eigenvalue weighted by Gasteiger charge is -2.33. The SMILES string of the molecule is Cc1cc(S(=O)(=O)N2CCN(CCOc3ccc(F)cc3)CC2)ccc1F. The summed E-state index contributed by atoms with van der Waals surface area (Å²) in [5.41, 5.74) is 0.313. The lowest BCUT2D eigenvalue weighted by atomic mass is 10.2. The van der Waals surface area contributed by atoms with Crippen LogP contribution in [-0.4, -0.2) is 57.0 Å². The molecule has 0 radical (unpaired) electrons. The number of benzene rings is 2. The van der Waals surface area contributed by atoms with Gasteiger partial charge in [0.25, 0.3) is 0 Å². The summed E-state index contributed by atoms with van der Waals surface area (Å²) in [7, 11) is -3.62. The minimum Gasteiger partial charge on any atom is -0.492 e. The maximum atomic E-state index is 13.4. The molecule has 1 saturated heterocycles. The number of aryl methyl sites for hydroxylation is 1. The fourth-order valence-electron chi connectivity index (χ4n) is 2.94. The summed E-state index contributed by atoms with van der Waals surface area (Å²) in [4.78, 5) is 2.24. The van der Waals surface area contributed by atoms with Gasteiger partial charge in [-0.05, 0) is 55.0 Å². The van der Waals surface area contributed by atoms with Gasteiger partial charge >= 0.3 is 0 Å². The van der Waals surface area contributed by atoms with Gasteiger partial charge in [-0.2, -0.15) is 4.31 Å². The lowest BCUT2D eigenvalue weighted by molar-refractivity contribution is 0.159. The molecular formula is C19H22F2N2O3S. The van der Waals surface area contributed by atoms with Crippen molar-refractivity contribution in [3.05, 3.63) is 59.7 Å². The van der Waals surface area contributed by atoms with Crippen LogP contribution in [0.25, 0.3) is 0 Å². The van der Waals surface area contributed by atoms with E-state index in [1.54, 1.807) is 19.1 Å². The molecule has 5 nitrogen and oxygen atoms in total. The van der Waals surface area contributed by atoms with E-state index in [9.17, 15) is 17.2 Å². The average molecular weight is 396 g/mol. The Morgan fingerprint density at radius 2 is 1.67 bits per heavy atom. The van der Waals surface area contributed by atoms with E-state index in [4.69, 9.17) is 4.74 Å². The van der Waals surface area contributed by atoms with Crippen LogP contribution in [0.5, 0.6) is 5.75 Å². The van der Waals surface area contributed by atoms with Crippen molar-refractivity contribution in [3.8, 4) is 5.75 Å². The molecule has 2 aromatic rings. The normalized spacial score (nSPS) is 16.4. The van der Waals surface area contributed by atoms with Crippen LogP contribution in [0.1, 0.15) is 5.56 Å². The van der Waals surface area contributed by atoms with Gasteiger partial charge in [0.2, 0.25) is 10.0 Å². The molecule has 3 rings (SSSR count). The zero-order valence-electron chi connectivity index (χ0n) is 15.1. The standard InChI is InChI=1S/C19H22F2N2O3S/c1-15-14-18(6-7-19(15)21)27(24,25)23-10-8-22(9-11-23)12-13-26-17-4-2-16(20)3-5-17/h2-7,14H,8-13H2,1H3. The zero-order chi connectivity index (χ0) is 19.4. The van der Waals surface area contributed by atoms with Crippen LogP contribution in [0.3, 0.4) is 0 Å². The second-order valence-electron chi connectivity index (χ2n) is 6.46. The van der Waals surface area contributed by atoms with E-state index in [1.807, 2.05) is 0 Å². The van der Waals surface area contributed by atoms with Crippen molar-refractivity contribution in [2.45, 2.75) is 11.8 Å². The number of ether oxygens (including phenoxy) is 1. The fourth-order valence-corrected chi connectivity index (χ4v) is 4.45. The van der Waals surface area contributed by atoms with E-state index in [0.29, 0.717) is 50.6 Å². The minimum absolute atomic E-state index is 0.120. The molecule has 0 aliphatic carbocycles. The number of sulfonamides is 1. The smallest absolute Gasteiger partial charge is 0.243 e. The minimum atomic E-state index is -3.62. The number of hydrogen-bond acceptors (Lipinski definition) is 4. The first-order chi connectivity index (χ1) is 12.9. The summed E-state index contributed by atoms with van der Waals surface area (Å²) in [6.45, 7) is 4.56. The molecule has 1 heterocycles. The third-order valence-electron chi connectivity index (χ3n) is 4.59. The number of rotatable bonds is 6. The topological polar surface area (TPSA) is 49.9 Å². The van der Waals surface area contributed by atoms with Gasteiger partial charge < -0.3 is 4.74 Å². The highest BCUT2D eigenvalue weighted by atomic mass is 32.2. The first kappa shape index (κ1) is 19.7. The van der Waals surface area contributed by atoms with Crippen molar-refractivity contribution in [2.24, 2.45) is 0 Å². The fraction of sp³-hybridized carbons (Fsp3) is 0.368. The van der Waals surface area contributed by atoms with Crippen LogP contribution in [-0.2, 0) is 10.0 Å². The van der Waals surface area contributed by atoms with Gasteiger partial charge in [0.15, 0.2) is 0 Å². The van der Waals surface area contributed by atoms with Gasteiger partial charge in [-0.1, -0.05) is 0 Å². The number of piperazine rings is 1. The Kier molecular flexibility index (Phi) is 6.08. The van der Waals surface area contributed by atoms with Crippen LogP contribution in [0.15, 0.2) is 47.4 Å². The molecule has 0 bridgehead atoms. The van der Waals surface area contributed by atoms with Crippen molar-refractivity contribution in [1.29, 1.82) is 0 Å². The Morgan fingerprint density at radius 1 is 1.00 bits per heavy atom. The Balaban J connectivity index is 1.50. The van der Waals surface area contributed by atoms with Gasteiger partial charge in [-0.3, -0.25) is 4.90 Å². The van der Waals surface area contributed by atoms with Crippen LogP contribution in [0.4, 0.5) is 8.78 Å². The monoisotopic (exact) mass is 396 g/mol. The number of hydrogen-bond donors (Lipinski definition) is 0. The highest BCUT2D eigenvalue weighted by Crippen LogP contribution is 2.20. The molecule has 0 amide bonds. The summed E-state index contributed by atoms with van der Waals surface area (Å²) < 4.78 is 58.7. The molecule has 1 aliphatic rings. The van der Waals surface area contributed by atoms with E-state index < -0.39 is 15.8 Å². The molecule has 0 atom stereocenters. The highest BCUT2D eigenvalue weighted by Gasteiger charge is 2.28. The van der Waals surface area contributed by atoms with Gasteiger partial charge in [0.05, 0.1) is 4.90 Å². The van der Waals surface area contributed by atoms with Crippen molar-refractivity contribution in [1.82, 2.24) is 9.21 Å². The van der Waals surface area contributed by atoms with E-state index >= 15 is 0 Å². The Bertz CT molecular complexity index is 880. The first-order valence-corrected chi connectivity index (χ1v) is 10.2. The third-order valence-corrected chi connectivity index (χ3v) is 6.48. The first-order valence-electron chi connectivity index (χ1n) is 8.73. The molecule has 146 valence electrons. The molecule has 0 saturated carbocycles. The van der Waals surface area contributed by atoms with Gasteiger partial charge in [-0.15, -0.1) is 0 Å². The van der Waals surface area contributed by atoms with Crippen LogP contribution < -0.4 is 4.74 Å². The average Bonchev–Trinajstić information content (AvgIpc) is 2.66. The van der Waals surface area contributed by atoms with Crippen LogP contribution >= 0.6 is 0 Å². The summed E-state index contributed by atoms with van der Waals surface area (Å²) >= 11 is 0. The second kappa shape index (κ2) is 8.33. The summed E-state index contributed by atoms with van der Waals surface area (Å²) in [6.07, 6.45) is 0. The van der Waals surface area contributed by atoms with E-state index in [2.05, 4.69) is 4.90 Å². The van der Waals surface area contributed by atoms with E-state index in [1.165, 1.54) is 34.6 Å². The number of halogens is 2. The third kappa shape index (κ3) is 4.82. The van der Waals surface area contributed by atoms with Crippen molar-refractivity contribution in [2.75, 3.05) is 39.3 Å². The van der Waals surface area contributed by atoms with E-state index in [0.717, 1.165) is 0 Å². The number of nitrogens with zero attached hydrogens (tertiary/aromatic N) is 2. The molecule has 0 aromatic heterocycles. The summed E-state index contributed by atoms with van der Waals surface area (Å²) in [6, 6.07) is 9.70. The Hall–Kier alpha value is -2.03. The molecule has 0 spiro atoms. The molecule has 8 heteroatoms. The predicted molar refractivity (Wildman–Crippen MR) is 98.2 cm³/mol. The summed E-state index contributed by atoms with van der Waals surface area (Å²) in [5, 5.41) is 0. The van der Waals surface area contributed by atoms with Crippen LogP contribution in [0, 0.1) is 18.6 Å². The molecule has 2 aromatic carbocycles. The molecule has 1 aliphatic heterocycles. The molecule has 27 heavy (non-hydrogen) atoms. The maximum absolute atomic E-state index is 13.4. The summed E-state index contributed by atoms with van der Waals surface area (Å²) in [5.74, 6) is -0.125. The Labute approximate surface area is 158 Å². The van der Waals surface area contributed by atoms with Crippen molar-refractivity contribution >= 4 is 10.0 Å². The predicted octanol–water partition coefficient (Wildman–Crippen LogP) is 2.66. The largest absolute Gasteiger partial charge is 0.492 e. The lowest BCUT2D eigenvalue weighted by Crippen LogP contribution is -2.49. The van der Waals surface area contributed by atoms with Crippen molar-refractivity contribution < 1.29 is 21.9 Å². The van der Waals surface area contributed by atoms with Crippen LogP contribution in [0.2, 0.25) is 0 Å². The molecule has 0 unspecified atom stereocenters. The quantitative estimate of drug-likeness (QED) is 0.753. The maximum Gasteiger partial charge on any atom is 0.243 e. The molecule has 1 fully saturated rings. The highest BCUT2D eigenvalue weighted by molar-refractivity contribution is 7.89.